The molecule has 2 aromatic carbocycles. The Morgan fingerprint density at radius 3 is 2.77 bits per heavy atom. The Bertz CT molecular complexity index is 2070. The van der Waals surface area contributed by atoms with Crippen molar-refractivity contribution in [3.8, 4) is 39.5 Å². The van der Waals surface area contributed by atoms with Crippen LogP contribution in [0.5, 0.6) is 5.75 Å². The van der Waals surface area contributed by atoms with Crippen LogP contribution in [0.4, 0.5) is 13.2 Å². The molecule has 0 aliphatic rings. The molecule has 0 spiro atoms. The number of amides is 1. The van der Waals surface area contributed by atoms with Gasteiger partial charge in [-0.1, -0.05) is 6.58 Å². The van der Waals surface area contributed by atoms with Crippen molar-refractivity contribution in [2.45, 2.75) is 13.0 Å². The molecule has 1 atom stereocenters. The summed E-state index contributed by atoms with van der Waals surface area (Å²) in [6.45, 7) is 4.60. The molecule has 4 heterocycles. The fourth-order valence-corrected chi connectivity index (χ4v) is 6.04. The molecule has 9 nitrogen and oxygen atoms in total. The first-order chi connectivity index (χ1) is 21.2. The number of pyridine rings is 1. The van der Waals surface area contributed by atoms with Crippen molar-refractivity contribution < 1.29 is 27.8 Å². The average molecular weight is 619 g/mol. The molecule has 3 N–H and O–H groups in total. The van der Waals surface area contributed by atoms with E-state index in [0.717, 1.165) is 18.2 Å². The molecule has 0 radical (unpaired) electrons. The lowest BCUT2D eigenvalue weighted by atomic mass is 9.96. The fourth-order valence-electron chi connectivity index (χ4n) is 5.09. The van der Waals surface area contributed by atoms with E-state index in [2.05, 4.69) is 27.2 Å². The second kappa shape index (κ2) is 11.6. The molecule has 6 rings (SSSR count). The summed E-state index contributed by atoms with van der Waals surface area (Å²) in [4.78, 5) is 16.8. The van der Waals surface area contributed by atoms with Crippen LogP contribution in [0.2, 0.25) is 0 Å². The zero-order valence-electron chi connectivity index (χ0n) is 23.5. The van der Waals surface area contributed by atoms with Gasteiger partial charge >= 0.3 is 0 Å². The topological polar surface area (TPSA) is 118 Å². The Balaban J connectivity index is 1.65. The normalized spacial score (nSPS) is 12.1. The van der Waals surface area contributed by atoms with Crippen molar-refractivity contribution in [1.82, 2.24) is 30.3 Å². The number of halogens is 3. The third kappa shape index (κ3) is 5.09. The van der Waals surface area contributed by atoms with Gasteiger partial charge in [0.25, 0.3) is 0 Å². The number of ether oxygens (including phenoxy) is 1. The molecular formula is C31H25F3N6O3S. The number of aliphatic hydroxyl groups is 1. The number of thiophene rings is 1. The number of H-pyrrole nitrogens is 1. The van der Waals surface area contributed by atoms with Crippen LogP contribution in [0.1, 0.15) is 18.7 Å². The van der Waals surface area contributed by atoms with Crippen LogP contribution in [0.15, 0.2) is 60.6 Å². The van der Waals surface area contributed by atoms with Gasteiger partial charge in [-0.15, -0.1) is 11.3 Å². The van der Waals surface area contributed by atoms with Crippen molar-refractivity contribution in [3.63, 3.8) is 0 Å². The van der Waals surface area contributed by atoms with E-state index < -0.39 is 29.4 Å². The molecule has 0 saturated carbocycles. The summed E-state index contributed by atoms with van der Waals surface area (Å²) in [5.41, 5.74) is 2.14. The summed E-state index contributed by atoms with van der Waals surface area (Å²) in [6, 6.07) is 7.67. The van der Waals surface area contributed by atoms with Crippen LogP contribution in [0.3, 0.4) is 0 Å². The van der Waals surface area contributed by atoms with Crippen molar-refractivity contribution in [3.05, 3.63) is 83.8 Å². The zero-order chi connectivity index (χ0) is 31.1. The number of nitrogens with zero attached hydrogens (tertiary/aromatic N) is 4. The molecular weight excluding hydrogens is 593 g/mol. The van der Waals surface area contributed by atoms with Gasteiger partial charge in [0.2, 0.25) is 5.91 Å². The predicted molar refractivity (Wildman–Crippen MR) is 162 cm³/mol. The Labute approximate surface area is 252 Å². The highest BCUT2D eigenvalue weighted by Crippen LogP contribution is 2.47. The molecule has 224 valence electrons. The molecule has 0 aliphatic carbocycles. The van der Waals surface area contributed by atoms with Crippen LogP contribution in [0, 0.1) is 17.5 Å². The molecule has 4 aromatic heterocycles. The number of aromatic amines is 1. The number of rotatable bonds is 9. The smallest absolute Gasteiger partial charge is 0.243 e. The number of hydrogen-bond donors (Lipinski definition) is 3. The summed E-state index contributed by atoms with van der Waals surface area (Å²) in [5, 5.41) is 26.6. The van der Waals surface area contributed by atoms with Gasteiger partial charge in [0.15, 0.2) is 0 Å². The molecule has 44 heavy (non-hydrogen) atoms. The lowest BCUT2D eigenvalue weighted by Gasteiger charge is -2.17. The van der Waals surface area contributed by atoms with Gasteiger partial charge in [-0.3, -0.25) is 14.6 Å². The van der Waals surface area contributed by atoms with E-state index in [9.17, 15) is 14.3 Å². The lowest BCUT2D eigenvalue weighted by molar-refractivity contribution is -0.117. The minimum absolute atomic E-state index is 0.0953. The molecule has 13 heteroatoms. The summed E-state index contributed by atoms with van der Waals surface area (Å²) >= 11 is 1.26. The number of carbonyl (C=O) groups excluding carboxylic acids is 1. The molecule has 1 amide bonds. The standard InChI is InChI=1S/C31H25F3N6O3S/c1-4-26(42)36-15(2)22-13-23(39-38-22)30-28(27-21(34)10-17(32)11-25(27)43-7-6-41)31-18(5-8-44-31)29(37-30)19-9-16-14-35-40(3)24(16)12-20(19)33/h4-5,8-15,41H,1,6-7H2,2-3H3,(H,36,42)(H,38,39). The van der Waals surface area contributed by atoms with Crippen molar-refractivity contribution >= 4 is 38.2 Å². The van der Waals surface area contributed by atoms with E-state index in [4.69, 9.17) is 9.72 Å². The Kier molecular flexibility index (Phi) is 7.66. The van der Waals surface area contributed by atoms with Crippen LogP contribution in [-0.2, 0) is 11.8 Å². The van der Waals surface area contributed by atoms with Crippen molar-refractivity contribution in [1.29, 1.82) is 0 Å². The Morgan fingerprint density at radius 2 is 2.00 bits per heavy atom. The first-order valence-corrected chi connectivity index (χ1v) is 14.3. The summed E-state index contributed by atoms with van der Waals surface area (Å²) in [6.07, 6.45) is 2.76. The van der Waals surface area contributed by atoms with Gasteiger partial charge in [-0.2, -0.15) is 10.2 Å². The van der Waals surface area contributed by atoms with E-state index in [-0.39, 0.29) is 52.7 Å². The number of hydrogen-bond acceptors (Lipinski definition) is 7. The maximum atomic E-state index is 15.8. The third-order valence-electron chi connectivity index (χ3n) is 7.17. The SMILES string of the molecule is C=CC(=O)NC(C)c1cc(-c2nc(-c3cc4cnn(C)c4cc3F)c3ccsc3c2-c2c(F)cc(F)cc2OCCO)n[nH]1. The van der Waals surface area contributed by atoms with Crippen molar-refractivity contribution in [2.75, 3.05) is 13.2 Å². The first kappa shape index (κ1) is 29.1. The van der Waals surface area contributed by atoms with Crippen LogP contribution >= 0.6 is 11.3 Å². The van der Waals surface area contributed by atoms with Crippen molar-refractivity contribution in [2.24, 2.45) is 7.05 Å². The van der Waals surface area contributed by atoms with Gasteiger partial charge in [0.1, 0.15) is 41.2 Å². The minimum atomic E-state index is -0.922. The quantitative estimate of drug-likeness (QED) is 0.170. The van der Waals surface area contributed by atoms with Crippen LogP contribution in [0.25, 0.3) is 54.8 Å². The van der Waals surface area contributed by atoms with E-state index >= 15 is 8.78 Å². The van der Waals surface area contributed by atoms with E-state index in [1.165, 1.54) is 17.4 Å². The van der Waals surface area contributed by atoms with Gasteiger partial charge < -0.3 is 15.2 Å². The Morgan fingerprint density at radius 1 is 1.18 bits per heavy atom. The number of fused-ring (bicyclic) bond motifs is 2. The maximum Gasteiger partial charge on any atom is 0.243 e. The monoisotopic (exact) mass is 618 g/mol. The fraction of sp³-hybridized carbons (Fsp3) is 0.161. The first-order valence-electron chi connectivity index (χ1n) is 13.4. The van der Waals surface area contributed by atoms with Gasteiger partial charge in [0, 0.05) is 51.8 Å². The van der Waals surface area contributed by atoms with Crippen LogP contribution < -0.4 is 10.1 Å². The number of carbonyl (C=O) groups is 1. The Hall–Kier alpha value is -5.01. The molecule has 6 aromatic rings. The molecule has 1 unspecified atom stereocenters. The van der Waals surface area contributed by atoms with E-state index in [0.29, 0.717) is 26.7 Å². The average Bonchev–Trinajstić information content (AvgIpc) is 3.76. The number of aryl methyl sites for hydroxylation is 1. The number of benzene rings is 2. The maximum absolute atomic E-state index is 15.8. The molecule has 0 fully saturated rings. The zero-order valence-corrected chi connectivity index (χ0v) is 24.3. The highest BCUT2D eigenvalue weighted by atomic mass is 32.1. The third-order valence-corrected chi connectivity index (χ3v) is 8.10. The second-order valence-electron chi connectivity index (χ2n) is 9.98. The summed E-state index contributed by atoms with van der Waals surface area (Å²) in [5.74, 6) is -2.87. The van der Waals surface area contributed by atoms with Gasteiger partial charge in [-0.25, -0.2) is 18.2 Å². The molecule has 0 bridgehead atoms. The summed E-state index contributed by atoms with van der Waals surface area (Å²) in [7, 11) is 1.71. The lowest BCUT2D eigenvalue weighted by Crippen LogP contribution is -2.24. The van der Waals surface area contributed by atoms with Gasteiger partial charge in [-0.05, 0) is 36.6 Å². The molecule has 0 saturated heterocycles. The summed E-state index contributed by atoms with van der Waals surface area (Å²) < 4.78 is 53.6. The largest absolute Gasteiger partial charge is 0.490 e. The highest BCUT2D eigenvalue weighted by molar-refractivity contribution is 7.18. The molecule has 0 aliphatic heterocycles. The minimum Gasteiger partial charge on any atom is -0.490 e. The van der Waals surface area contributed by atoms with Gasteiger partial charge in [0.05, 0.1) is 41.3 Å². The van der Waals surface area contributed by atoms with E-state index in [1.807, 2.05) is 0 Å². The highest BCUT2D eigenvalue weighted by Gasteiger charge is 2.27. The second-order valence-corrected chi connectivity index (χ2v) is 10.9. The number of aromatic nitrogens is 5. The predicted octanol–water partition coefficient (Wildman–Crippen LogP) is 6.06. The van der Waals surface area contributed by atoms with E-state index in [1.54, 1.807) is 48.4 Å². The number of aliphatic hydroxyl groups excluding tert-OH is 1. The number of nitrogens with one attached hydrogen (secondary N) is 2. The van der Waals surface area contributed by atoms with Crippen LogP contribution in [-0.4, -0.2) is 49.2 Å².